The van der Waals surface area contributed by atoms with Crippen LogP contribution < -0.4 is 19.1 Å². The van der Waals surface area contributed by atoms with Gasteiger partial charge in [-0.2, -0.15) is 0 Å². The lowest BCUT2D eigenvalue weighted by atomic mass is 9.95. The Hall–Kier alpha value is -4.57. The van der Waals surface area contributed by atoms with Crippen LogP contribution in [0.3, 0.4) is 0 Å². The van der Waals surface area contributed by atoms with Crippen molar-refractivity contribution in [2.24, 2.45) is 0 Å². The van der Waals surface area contributed by atoms with Gasteiger partial charge in [0.25, 0.3) is 5.78 Å². The van der Waals surface area contributed by atoms with Crippen LogP contribution in [0.5, 0.6) is 23.0 Å². The summed E-state index contributed by atoms with van der Waals surface area (Å²) in [4.78, 5) is 33.1. The molecular weight excluding hydrogens is 532 g/mol. The van der Waals surface area contributed by atoms with Gasteiger partial charge in [0, 0.05) is 5.56 Å². The molecule has 10 heteroatoms. The van der Waals surface area contributed by atoms with E-state index in [-0.39, 0.29) is 28.0 Å². The molecule has 1 aliphatic rings. The zero-order chi connectivity index (χ0) is 28.4. The van der Waals surface area contributed by atoms with Crippen LogP contribution in [0.2, 0.25) is 0 Å². The number of nitrogens with zero attached hydrogens (tertiary/aromatic N) is 2. The van der Waals surface area contributed by atoms with Gasteiger partial charge in [-0.15, -0.1) is 0 Å². The minimum atomic E-state index is -1.04. The van der Waals surface area contributed by atoms with Crippen molar-refractivity contribution in [1.82, 2.24) is 4.98 Å². The summed E-state index contributed by atoms with van der Waals surface area (Å²) >= 11 is 1.22. The molecule has 206 valence electrons. The van der Waals surface area contributed by atoms with Gasteiger partial charge < -0.3 is 24.4 Å². The molecular formula is C30H28N2O7S. The van der Waals surface area contributed by atoms with Gasteiger partial charge in [0.05, 0.1) is 42.2 Å². The number of Topliss-reactive ketones (excluding diaryl/α,β-unsaturated/α-hetero) is 1. The highest BCUT2D eigenvalue weighted by molar-refractivity contribution is 7.22. The molecule has 0 radical (unpaired) electrons. The first-order valence-electron chi connectivity index (χ1n) is 12.8. The summed E-state index contributed by atoms with van der Waals surface area (Å²) in [5, 5.41) is 22.1. The summed E-state index contributed by atoms with van der Waals surface area (Å²) in [7, 11) is 1.56. The molecule has 40 heavy (non-hydrogen) atoms. The lowest BCUT2D eigenvalue weighted by Crippen LogP contribution is -2.29. The standard InChI is InChI=1S/C30H28N2O7S/c1-4-13-39-20-8-6-7-18(14-20)27(34)25-26(17-9-12-22(33)23(15-17)38-5-2)32(29(36)28(25)35)30-31-21-11-10-19(37-3)16-24(21)40-30/h6-12,14-16,26,33-34H,4-5,13H2,1-3H3/b27-25+. The van der Waals surface area contributed by atoms with E-state index in [1.807, 2.05) is 6.92 Å². The Labute approximate surface area is 234 Å². The monoisotopic (exact) mass is 560 g/mol. The molecule has 3 aromatic carbocycles. The SMILES string of the molecule is CCCOc1cccc(/C(O)=C2\C(=O)C(=O)N(c3nc4ccc(OC)cc4s3)C2c2ccc(O)c(OCC)c2)c1. The Bertz CT molecular complexity index is 1630. The van der Waals surface area contributed by atoms with Gasteiger partial charge in [0.2, 0.25) is 0 Å². The largest absolute Gasteiger partial charge is 0.507 e. The van der Waals surface area contributed by atoms with Crippen LogP contribution in [0.4, 0.5) is 5.13 Å². The molecule has 0 aliphatic carbocycles. The van der Waals surface area contributed by atoms with Crippen molar-refractivity contribution < 1.29 is 34.0 Å². The van der Waals surface area contributed by atoms with Gasteiger partial charge in [0.1, 0.15) is 17.3 Å². The molecule has 0 spiro atoms. The maximum absolute atomic E-state index is 13.6. The van der Waals surface area contributed by atoms with Crippen LogP contribution >= 0.6 is 11.3 Å². The van der Waals surface area contributed by atoms with Crippen molar-refractivity contribution in [1.29, 1.82) is 0 Å². The summed E-state index contributed by atoms with van der Waals surface area (Å²) in [6.07, 6.45) is 0.804. The van der Waals surface area contributed by atoms with Crippen LogP contribution in [0, 0.1) is 0 Å². The number of hydrogen-bond acceptors (Lipinski definition) is 9. The van der Waals surface area contributed by atoms with E-state index in [0.717, 1.165) is 11.1 Å². The van der Waals surface area contributed by atoms with Crippen molar-refractivity contribution in [2.45, 2.75) is 26.3 Å². The van der Waals surface area contributed by atoms with Crippen LogP contribution in [0.1, 0.15) is 37.4 Å². The Morgan fingerprint density at radius 2 is 1.85 bits per heavy atom. The van der Waals surface area contributed by atoms with Crippen LogP contribution in [0.25, 0.3) is 16.0 Å². The number of benzene rings is 3. The van der Waals surface area contributed by atoms with E-state index in [2.05, 4.69) is 4.98 Å². The van der Waals surface area contributed by atoms with Gasteiger partial charge in [-0.25, -0.2) is 4.98 Å². The minimum absolute atomic E-state index is 0.0876. The molecule has 1 saturated heterocycles. The summed E-state index contributed by atoms with van der Waals surface area (Å²) < 4.78 is 17.4. The van der Waals surface area contributed by atoms with E-state index in [1.54, 1.807) is 68.6 Å². The van der Waals surface area contributed by atoms with Crippen molar-refractivity contribution in [3.63, 3.8) is 0 Å². The third-order valence-corrected chi connectivity index (χ3v) is 7.43. The maximum atomic E-state index is 13.6. The predicted octanol–water partition coefficient (Wildman–Crippen LogP) is 5.82. The summed E-state index contributed by atoms with van der Waals surface area (Å²) in [6.45, 7) is 4.55. The van der Waals surface area contributed by atoms with Gasteiger partial charge in [-0.1, -0.05) is 36.5 Å². The van der Waals surface area contributed by atoms with E-state index in [4.69, 9.17) is 14.2 Å². The molecule has 1 aromatic heterocycles. The second-order valence-electron chi connectivity index (χ2n) is 9.04. The lowest BCUT2D eigenvalue weighted by molar-refractivity contribution is -0.132. The van der Waals surface area contributed by atoms with Gasteiger partial charge in [-0.3, -0.25) is 14.5 Å². The summed E-state index contributed by atoms with van der Waals surface area (Å²) in [5.74, 6) is -0.773. The number of carbonyl (C=O) groups excluding carboxylic acids is 2. The number of carbonyl (C=O) groups is 2. The number of rotatable bonds is 9. The average molecular weight is 561 g/mol. The Kier molecular flexibility index (Phi) is 7.61. The van der Waals surface area contributed by atoms with E-state index < -0.39 is 17.7 Å². The van der Waals surface area contributed by atoms with E-state index in [0.29, 0.717) is 41.4 Å². The molecule has 1 atom stereocenters. The van der Waals surface area contributed by atoms with Gasteiger partial charge in [-0.05, 0) is 61.4 Å². The lowest BCUT2D eigenvalue weighted by Gasteiger charge is -2.23. The number of hydrogen-bond donors (Lipinski definition) is 2. The third-order valence-electron chi connectivity index (χ3n) is 6.41. The number of phenolic OH excluding ortho intramolecular Hbond substituents is 1. The highest BCUT2D eigenvalue weighted by atomic mass is 32.1. The minimum Gasteiger partial charge on any atom is -0.507 e. The summed E-state index contributed by atoms with van der Waals surface area (Å²) in [6, 6.07) is 15.6. The molecule has 2 heterocycles. The first kappa shape index (κ1) is 27.0. The number of aliphatic hydroxyl groups excluding tert-OH is 1. The number of aliphatic hydroxyl groups is 1. The fourth-order valence-corrected chi connectivity index (χ4v) is 5.57. The van der Waals surface area contributed by atoms with Crippen LogP contribution in [-0.2, 0) is 9.59 Å². The molecule has 1 unspecified atom stereocenters. The number of phenols is 1. The van der Waals surface area contributed by atoms with Crippen molar-refractivity contribution >= 4 is 44.1 Å². The highest BCUT2D eigenvalue weighted by Crippen LogP contribution is 2.46. The molecule has 0 bridgehead atoms. The smallest absolute Gasteiger partial charge is 0.301 e. The van der Waals surface area contributed by atoms with Gasteiger partial charge >= 0.3 is 5.91 Å². The first-order valence-corrected chi connectivity index (χ1v) is 13.6. The fourth-order valence-electron chi connectivity index (χ4n) is 4.55. The molecule has 1 aliphatic heterocycles. The van der Waals surface area contributed by atoms with Crippen molar-refractivity contribution in [2.75, 3.05) is 25.2 Å². The zero-order valence-electron chi connectivity index (χ0n) is 22.2. The van der Waals surface area contributed by atoms with E-state index in [1.165, 1.54) is 22.3 Å². The number of amides is 1. The molecule has 2 N–H and O–H groups in total. The van der Waals surface area contributed by atoms with Crippen molar-refractivity contribution in [3.8, 4) is 23.0 Å². The number of aromatic nitrogens is 1. The van der Waals surface area contributed by atoms with E-state index in [9.17, 15) is 19.8 Å². The molecule has 0 saturated carbocycles. The van der Waals surface area contributed by atoms with Gasteiger partial charge in [0.15, 0.2) is 16.6 Å². The second-order valence-corrected chi connectivity index (χ2v) is 10.0. The van der Waals surface area contributed by atoms with Crippen molar-refractivity contribution in [3.05, 3.63) is 77.4 Å². The molecule has 1 fully saturated rings. The average Bonchev–Trinajstić information content (AvgIpc) is 3.50. The Morgan fingerprint density at radius 1 is 1.02 bits per heavy atom. The first-order chi connectivity index (χ1) is 19.4. The molecule has 5 rings (SSSR count). The number of anilines is 1. The normalized spacial score (nSPS) is 16.5. The fraction of sp³-hybridized carbons (Fsp3) is 0.233. The summed E-state index contributed by atoms with van der Waals surface area (Å²) in [5.41, 5.74) is 1.30. The number of ether oxygens (including phenoxy) is 3. The number of thiazole rings is 1. The van der Waals surface area contributed by atoms with Crippen LogP contribution in [0.15, 0.2) is 66.2 Å². The third kappa shape index (κ3) is 4.93. The number of aromatic hydroxyl groups is 1. The number of ketones is 1. The zero-order valence-corrected chi connectivity index (χ0v) is 23.0. The molecule has 4 aromatic rings. The second kappa shape index (κ2) is 11.3. The predicted molar refractivity (Wildman–Crippen MR) is 152 cm³/mol. The molecule has 9 nitrogen and oxygen atoms in total. The maximum Gasteiger partial charge on any atom is 0.301 e. The Morgan fingerprint density at radius 3 is 2.60 bits per heavy atom. The number of fused-ring (bicyclic) bond motifs is 1. The van der Waals surface area contributed by atoms with E-state index >= 15 is 0 Å². The Balaban J connectivity index is 1.70. The highest BCUT2D eigenvalue weighted by Gasteiger charge is 2.48. The topological polar surface area (TPSA) is 118 Å². The quantitative estimate of drug-likeness (QED) is 0.149. The molecule has 1 amide bonds. The van der Waals surface area contributed by atoms with Crippen LogP contribution in [-0.4, -0.2) is 47.2 Å². The number of methoxy groups -OCH3 is 1.